The number of sulfonamides is 1. The number of methoxy groups -OCH3 is 1. The lowest BCUT2D eigenvalue weighted by Crippen LogP contribution is -2.16. The maximum absolute atomic E-state index is 13.0. The van der Waals surface area contributed by atoms with E-state index in [2.05, 4.69) is 10.0 Å². The third kappa shape index (κ3) is 4.17. The molecule has 1 aromatic heterocycles. The number of amides is 1. The van der Waals surface area contributed by atoms with Gasteiger partial charge in [-0.05, 0) is 67.1 Å². The van der Waals surface area contributed by atoms with E-state index in [1.807, 2.05) is 36.0 Å². The van der Waals surface area contributed by atoms with Crippen LogP contribution in [0.25, 0.3) is 10.9 Å². The van der Waals surface area contributed by atoms with Crippen molar-refractivity contribution in [3.63, 3.8) is 0 Å². The summed E-state index contributed by atoms with van der Waals surface area (Å²) in [6.45, 7) is 1.71. The third-order valence-electron chi connectivity index (χ3n) is 5.25. The molecule has 0 aliphatic carbocycles. The molecule has 164 valence electrons. The van der Waals surface area contributed by atoms with Gasteiger partial charge in [0, 0.05) is 41.1 Å². The fourth-order valence-corrected chi connectivity index (χ4v) is 4.87. The minimum absolute atomic E-state index is 0.0871. The molecule has 4 rings (SSSR count). The zero-order chi connectivity index (χ0) is 22.9. The van der Waals surface area contributed by atoms with Gasteiger partial charge in [0.2, 0.25) is 0 Å². The van der Waals surface area contributed by atoms with Crippen molar-refractivity contribution in [2.24, 2.45) is 7.05 Å². The van der Waals surface area contributed by atoms with E-state index >= 15 is 0 Å². The Morgan fingerprint density at radius 3 is 2.41 bits per heavy atom. The predicted octanol–water partition coefficient (Wildman–Crippen LogP) is 4.55. The minimum atomic E-state index is -3.86. The summed E-state index contributed by atoms with van der Waals surface area (Å²) in [7, 11) is -0.407. The lowest BCUT2D eigenvalue weighted by Gasteiger charge is -2.13. The van der Waals surface area contributed by atoms with E-state index in [0.29, 0.717) is 28.3 Å². The van der Waals surface area contributed by atoms with Crippen molar-refractivity contribution in [1.82, 2.24) is 4.57 Å². The third-order valence-corrected chi connectivity index (χ3v) is 6.77. The summed E-state index contributed by atoms with van der Waals surface area (Å²) < 4.78 is 35.6. The molecule has 32 heavy (non-hydrogen) atoms. The number of aromatic nitrogens is 1. The lowest BCUT2D eigenvalue weighted by atomic mass is 10.1. The van der Waals surface area contributed by atoms with Gasteiger partial charge in [0.1, 0.15) is 5.75 Å². The molecule has 0 unspecified atom stereocenters. The van der Waals surface area contributed by atoms with Crippen LogP contribution in [-0.4, -0.2) is 26.0 Å². The van der Waals surface area contributed by atoms with Crippen LogP contribution >= 0.6 is 0 Å². The molecular weight excluding hydrogens is 426 g/mol. The Morgan fingerprint density at radius 2 is 1.69 bits per heavy atom. The number of ether oxygens (including phenoxy) is 1. The summed E-state index contributed by atoms with van der Waals surface area (Å²) in [6, 6.07) is 18.8. The lowest BCUT2D eigenvalue weighted by molar-refractivity contribution is 0.102. The van der Waals surface area contributed by atoms with Gasteiger partial charge in [-0.2, -0.15) is 0 Å². The second kappa shape index (κ2) is 8.39. The summed E-state index contributed by atoms with van der Waals surface area (Å²) in [5, 5.41) is 3.65. The van der Waals surface area contributed by atoms with Crippen LogP contribution < -0.4 is 14.8 Å². The molecular formula is C24H23N3O4S. The number of hydrogen-bond donors (Lipinski definition) is 2. The van der Waals surface area contributed by atoms with Crippen molar-refractivity contribution in [3.05, 3.63) is 84.1 Å². The summed E-state index contributed by atoms with van der Waals surface area (Å²) in [4.78, 5) is 13.0. The Morgan fingerprint density at radius 1 is 0.969 bits per heavy atom. The molecule has 8 heteroatoms. The molecule has 0 atom stereocenters. The normalized spacial score (nSPS) is 11.3. The van der Waals surface area contributed by atoms with Crippen molar-refractivity contribution >= 4 is 38.2 Å². The van der Waals surface area contributed by atoms with Gasteiger partial charge in [-0.15, -0.1) is 0 Å². The maximum atomic E-state index is 13.0. The first-order chi connectivity index (χ1) is 15.3. The summed E-state index contributed by atoms with van der Waals surface area (Å²) in [6.07, 6.45) is 1.89. The average molecular weight is 450 g/mol. The van der Waals surface area contributed by atoms with E-state index in [-0.39, 0.29) is 10.8 Å². The van der Waals surface area contributed by atoms with Crippen LogP contribution in [-0.2, 0) is 17.1 Å². The minimum Gasteiger partial charge on any atom is -0.497 e. The molecule has 0 saturated carbocycles. The molecule has 1 amide bonds. The summed E-state index contributed by atoms with van der Waals surface area (Å²) in [5.41, 5.74) is 2.83. The topological polar surface area (TPSA) is 89.4 Å². The predicted molar refractivity (Wildman–Crippen MR) is 126 cm³/mol. The highest BCUT2D eigenvalue weighted by Gasteiger charge is 2.19. The smallest absolute Gasteiger partial charge is 0.262 e. The van der Waals surface area contributed by atoms with Crippen LogP contribution in [0.3, 0.4) is 0 Å². The van der Waals surface area contributed by atoms with Gasteiger partial charge in [-0.3, -0.25) is 9.52 Å². The van der Waals surface area contributed by atoms with E-state index in [1.54, 1.807) is 56.5 Å². The van der Waals surface area contributed by atoms with Crippen molar-refractivity contribution in [3.8, 4) is 5.75 Å². The van der Waals surface area contributed by atoms with Crippen molar-refractivity contribution in [1.29, 1.82) is 0 Å². The van der Waals surface area contributed by atoms with Gasteiger partial charge in [0.05, 0.1) is 12.0 Å². The zero-order valence-corrected chi connectivity index (χ0v) is 18.7. The molecule has 2 N–H and O–H groups in total. The number of nitrogens with zero attached hydrogens (tertiary/aromatic N) is 1. The Labute approximate surface area is 186 Å². The van der Waals surface area contributed by atoms with Gasteiger partial charge in [-0.25, -0.2) is 8.42 Å². The van der Waals surface area contributed by atoms with Gasteiger partial charge in [-0.1, -0.05) is 12.1 Å². The van der Waals surface area contributed by atoms with Crippen molar-refractivity contribution < 1.29 is 17.9 Å². The number of hydrogen-bond acceptors (Lipinski definition) is 4. The van der Waals surface area contributed by atoms with Gasteiger partial charge in [0.25, 0.3) is 15.9 Å². The summed E-state index contributed by atoms with van der Waals surface area (Å²) in [5.74, 6) is 0.319. The second-order valence-electron chi connectivity index (χ2n) is 7.43. The number of benzene rings is 3. The summed E-state index contributed by atoms with van der Waals surface area (Å²) >= 11 is 0. The van der Waals surface area contributed by atoms with E-state index in [9.17, 15) is 13.2 Å². The van der Waals surface area contributed by atoms with Crippen LogP contribution in [0.15, 0.2) is 77.8 Å². The van der Waals surface area contributed by atoms with E-state index < -0.39 is 10.0 Å². The van der Waals surface area contributed by atoms with Crippen LogP contribution in [0.5, 0.6) is 5.75 Å². The molecule has 0 radical (unpaired) electrons. The highest BCUT2D eigenvalue weighted by molar-refractivity contribution is 7.92. The molecule has 0 aliphatic rings. The first kappa shape index (κ1) is 21.5. The Kier molecular flexibility index (Phi) is 5.63. The second-order valence-corrected chi connectivity index (χ2v) is 9.08. The van der Waals surface area contributed by atoms with Crippen LogP contribution in [0.4, 0.5) is 11.4 Å². The SMILES string of the molecule is COc1ccc(NS(=O)(=O)c2cc(NC(=O)c3cccc4c3ccn4C)ccc2C)cc1. The first-order valence-electron chi connectivity index (χ1n) is 9.91. The van der Waals surface area contributed by atoms with Gasteiger partial charge in [0.15, 0.2) is 0 Å². The van der Waals surface area contributed by atoms with Gasteiger partial charge < -0.3 is 14.6 Å². The molecule has 3 aromatic carbocycles. The molecule has 1 heterocycles. The molecule has 0 bridgehead atoms. The Hall–Kier alpha value is -3.78. The number of aryl methyl sites for hydroxylation is 2. The van der Waals surface area contributed by atoms with E-state index in [0.717, 1.165) is 10.9 Å². The highest BCUT2D eigenvalue weighted by atomic mass is 32.2. The quantitative estimate of drug-likeness (QED) is 0.452. The van der Waals surface area contributed by atoms with Gasteiger partial charge >= 0.3 is 0 Å². The number of carbonyl (C=O) groups is 1. The van der Waals surface area contributed by atoms with Crippen LogP contribution in [0, 0.1) is 6.92 Å². The van der Waals surface area contributed by atoms with E-state index in [4.69, 9.17) is 4.74 Å². The average Bonchev–Trinajstić information content (AvgIpc) is 3.16. The molecule has 0 spiro atoms. The number of rotatable bonds is 6. The molecule has 0 fully saturated rings. The number of fused-ring (bicyclic) bond motifs is 1. The number of carbonyl (C=O) groups excluding carboxylic acids is 1. The fraction of sp³-hybridized carbons (Fsp3) is 0.125. The zero-order valence-electron chi connectivity index (χ0n) is 17.9. The molecule has 0 saturated heterocycles. The number of nitrogens with one attached hydrogen (secondary N) is 2. The van der Waals surface area contributed by atoms with Crippen molar-refractivity contribution in [2.75, 3.05) is 17.1 Å². The van der Waals surface area contributed by atoms with Crippen LogP contribution in [0.2, 0.25) is 0 Å². The van der Waals surface area contributed by atoms with Crippen LogP contribution in [0.1, 0.15) is 15.9 Å². The maximum Gasteiger partial charge on any atom is 0.262 e. The molecule has 7 nitrogen and oxygen atoms in total. The first-order valence-corrected chi connectivity index (χ1v) is 11.4. The highest BCUT2D eigenvalue weighted by Crippen LogP contribution is 2.25. The largest absolute Gasteiger partial charge is 0.497 e. The molecule has 4 aromatic rings. The Bertz CT molecular complexity index is 1410. The van der Waals surface area contributed by atoms with E-state index in [1.165, 1.54) is 6.07 Å². The Balaban J connectivity index is 1.61. The van der Waals surface area contributed by atoms with Crippen molar-refractivity contribution in [2.45, 2.75) is 11.8 Å². The molecule has 0 aliphatic heterocycles. The standard InChI is InChI=1S/C24H23N3O4S/c1-16-7-8-18(25-24(28)21-5-4-6-22-20(21)13-14-27(22)2)15-23(16)32(29,30)26-17-9-11-19(31-3)12-10-17/h4-15,26H,1-3H3,(H,25,28). The monoisotopic (exact) mass is 449 g/mol. The number of anilines is 2. The fourth-order valence-electron chi connectivity index (χ4n) is 3.54.